The summed E-state index contributed by atoms with van der Waals surface area (Å²) in [5, 5.41) is 11.5. The molecule has 3 heterocycles. The minimum atomic E-state index is 0.0804. The van der Waals surface area contributed by atoms with Crippen LogP contribution in [0.15, 0.2) is 12.3 Å². The molecule has 1 aliphatic heterocycles. The van der Waals surface area contributed by atoms with E-state index in [9.17, 15) is 4.79 Å². The quantitative estimate of drug-likeness (QED) is 0.945. The highest BCUT2D eigenvalue weighted by Crippen LogP contribution is 2.24. The minimum absolute atomic E-state index is 0.0804. The molecular weight excluding hydrogens is 278 g/mol. The molecule has 6 nitrogen and oxygen atoms in total. The van der Waals surface area contributed by atoms with E-state index in [1.54, 1.807) is 6.20 Å². The van der Waals surface area contributed by atoms with Crippen LogP contribution in [0.4, 0.5) is 0 Å². The Balaban J connectivity index is 1.78. The Morgan fingerprint density at radius 2 is 2.27 bits per heavy atom. The molecule has 118 valence electrons. The van der Waals surface area contributed by atoms with E-state index < -0.39 is 0 Å². The van der Waals surface area contributed by atoms with Gasteiger partial charge in [0, 0.05) is 24.5 Å². The van der Waals surface area contributed by atoms with Gasteiger partial charge in [0.1, 0.15) is 0 Å². The molecule has 22 heavy (non-hydrogen) atoms. The van der Waals surface area contributed by atoms with Gasteiger partial charge in [0.25, 0.3) is 5.91 Å². The van der Waals surface area contributed by atoms with Gasteiger partial charge in [0.2, 0.25) is 0 Å². The van der Waals surface area contributed by atoms with Gasteiger partial charge in [-0.15, -0.1) is 0 Å². The molecule has 1 atom stereocenters. The average molecular weight is 301 g/mol. The van der Waals surface area contributed by atoms with Crippen molar-refractivity contribution in [3.8, 4) is 0 Å². The van der Waals surface area contributed by atoms with Crippen LogP contribution in [0.2, 0.25) is 0 Å². The zero-order valence-corrected chi connectivity index (χ0v) is 13.5. The van der Waals surface area contributed by atoms with Crippen LogP contribution in [-0.4, -0.2) is 43.9 Å². The van der Waals surface area contributed by atoms with Gasteiger partial charge in [-0.2, -0.15) is 10.2 Å². The summed E-state index contributed by atoms with van der Waals surface area (Å²) in [6.45, 7) is 7.64. The van der Waals surface area contributed by atoms with E-state index in [1.807, 2.05) is 18.7 Å². The normalized spacial score (nSPS) is 18.7. The number of carbonyl (C=O) groups is 1. The molecule has 3 rings (SSSR count). The summed E-state index contributed by atoms with van der Waals surface area (Å²) in [6.07, 6.45) is 4.51. The van der Waals surface area contributed by atoms with Gasteiger partial charge >= 0.3 is 0 Å². The monoisotopic (exact) mass is 301 g/mol. The van der Waals surface area contributed by atoms with Crippen LogP contribution < -0.4 is 0 Å². The summed E-state index contributed by atoms with van der Waals surface area (Å²) < 4.78 is 2.07. The van der Waals surface area contributed by atoms with Crippen molar-refractivity contribution < 1.29 is 4.79 Å². The van der Waals surface area contributed by atoms with Crippen molar-refractivity contribution >= 4 is 5.91 Å². The minimum Gasteiger partial charge on any atom is -0.336 e. The maximum Gasteiger partial charge on any atom is 0.257 e. The lowest BCUT2D eigenvalue weighted by Crippen LogP contribution is -2.41. The van der Waals surface area contributed by atoms with Gasteiger partial charge in [0.05, 0.1) is 23.5 Å². The zero-order chi connectivity index (χ0) is 15.7. The molecule has 1 fully saturated rings. The summed E-state index contributed by atoms with van der Waals surface area (Å²) in [4.78, 5) is 14.7. The van der Waals surface area contributed by atoms with Crippen LogP contribution in [-0.2, 0) is 6.42 Å². The standard InChI is InChI=1S/C16H23N5O/c1-4-15-14(9-17-18-15)16(22)20-7-5-6-13(10-20)21-12(3)8-11(2)19-21/h8-9,13H,4-7,10H2,1-3H3,(H,17,18)/t13-/m0/s1. The lowest BCUT2D eigenvalue weighted by atomic mass is 10.0. The fourth-order valence-electron chi connectivity index (χ4n) is 3.29. The Labute approximate surface area is 130 Å². The molecule has 1 aliphatic rings. The van der Waals surface area contributed by atoms with Crippen LogP contribution in [0.1, 0.15) is 53.2 Å². The van der Waals surface area contributed by atoms with Gasteiger partial charge in [0.15, 0.2) is 0 Å². The number of likely N-dealkylation sites (tertiary alicyclic amines) is 1. The molecule has 2 aromatic rings. The number of hydrogen-bond acceptors (Lipinski definition) is 3. The van der Waals surface area contributed by atoms with Crippen LogP contribution >= 0.6 is 0 Å². The highest BCUT2D eigenvalue weighted by atomic mass is 16.2. The van der Waals surface area contributed by atoms with Gasteiger partial charge in [-0.05, 0) is 39.2 Å². The Bertz CT molecular complexity index is 672. The number of hydrogen-bond donors (Lipinski definition) is 1. The molecule has 0 spiro atoms. The molecule has 0 aliphatic carbocycles. The van der Waals surface area contributed by atoms with Gasteiger partial charge in [-0.1, -0.05) is 6.92 Å². The SMILES string of the molecule is CCc1[nH]ncc1C(=O)N1CCC[C@H](n2nc(C)cc2C)C1. The highest BCUT2D eigenvalue weighted by Gasteiger charge is 2.28. The van der Waals surface area contributed by atoms with E-state index in [1.165, 1.54) is 0 Å². The third-order valence-corrected chi connectivity index (χ3v) is 4.38. The average Bonchev–Trinajstić information content (AvgIpc) is 3.12. The smallest absolute Gasteiger partial charge is 0.257 e. The molecular formula is C16H23N5O. The van der Waals surface area contributed by atoms with Gasteiger partial charge in [-0.3, -0.25) is 14.6 Å². The largest absolute Gasteiger partial charge is 0.336 e. The van der Waals surface area contributed by atoms with E-state index in [0.29, 0.717) is 5.56 Å². The Morgan fingerprint density at radius 1 is 1.45 bits per heavy atom. The van der Waals surface area contributed by atoms with Crippen LogP contribution in [0.3, 0.4) is 0 Å². The number of rotatable bonds is 3. The van der Waals surface area contributed by atoms with Crippen molar-refractivity contribution in [1.82, 2.24) is 24.9 Å². The van der Waals surface area contributed by atoms with Crippen molar-refractivity contribution in [2.45, 2.75) is 46.1 Å². The first-order chi connectivity index (χ1) is 10.6. The lowest BCUT2D eigenvalue weighted by molar-refractivity contribution is 0.0670. The predicted octanol–water partition coefficient (Wildman–Crippen LogP) is 2.26. The first-order valence-corrected chi connectivity index (χ1v) is 7.94. The molecule has 0 aromatic carbocycles. The number of piperidine rings is 1. The summed E-state index contributed by atoms with van der Waals surface area (Å²) in [5.74, 6) is 0.0804. The highest BCUT2D eigenvalue weighted by molar-refractivity contribution is 5.95. The van der Waals surface area contributed by atoms with E-state index in [-0.39, 0.29) is 11.9 Å². The number of aromatic amines is 1. The van der Waals surface area contributed by atoms with Crippen molar-refractivity contribution in [3.05, 3.63) is 34.9 Å². The van der Waals surface area contributed by atoms with Crippen LogP contribution in [0, 0.1) is 13.8 Å². The summed E-state index contributed by atoms with van der Waals surface area (Å²) in [7, 11) is 0. The second kappa shape index (κ2) is 5.94. The fourth-order valence-corrected chi connectivity index (χ4v) is 3.29. The second-order valence-electron chi connectivity index (χ2n) is 6.03. The molecule has 0 saturated carbocycles. The number of H-pyrrole nitrogens is 1. The Kier molecular flexibility index (Phi) is 4.00. The zero-order valence-electron chi connectivity index (χ0n) is 13.5. The van der Waals surface area contributed by atoms with Crippen molar-refractivity contribution in [2.24, 2.45) is 0 Å². The molecule has 0 bridgehead atoms. The fraction of sp³-hybridized carbons (Fsp3) is 0.562. The molecule has 1 N–H and O–H groups in total. The second-order valence-corrected chi connectivity index (χ2v) is 6.03. The van der Waals surface area contributed by atoms with E-state index in [0.717, 1.165) is 49.4 Å². The van der Waals surface area contributed by atoms with E-state index in [4.69, 9.17) is 0 Å². The number of aryl methyl sites for hydroxylation is 3. The lowest BCUT2D eigenvalue weighted by Gasteiger charge is -2.33. The van der Waals surface area contributed by atoms with Gasteiger partial charge in [-0.25, -0.2) is 0 Å². The third-order valence-electron chi connectivity index (χ3n) is 4.38. The molecule has 0 unspecified atom stereocenters. The molecule has 6 heteroatoms. The van der Waals surface area contributed by atoms with Crippen molar-refractivity contribution in [2.75, 3.05) is 13.1 Å². The Hall–Kier alpha value is -2.11. The van der Waals surface area contributed by atoms with Crippen molar-refractivity contribution in [3.63, 3.8) is 0 Å². The summed E-state index contributed by atoms with van der Waals surface area (Å²) >= 11 is 0. The van der Waals surface area contributed by atoms with Crippen molar-refractivity contribution in [1.29, 1.82) is 0 Å². The number of aromatic nitrogens is 4. The van der Waals surface area contributed by atoms with Crippen LogP contribution in [0.25, 0.3) is 0 Å². The first kappa shape index (κ1) is 14.8. The van der Waals surface area contributed by atoms with E-state index in [2.05, 4.69) is 33.0 Å². The van der Waals surface area contributed by atoms with E-state index >= 15 is 0 Å². The number of amides is 1. The summed E-state index contributed by atoms with van der Waals surface area (Å²) in [5.41, 5.74) is 3.81. The predicted molar refractivity (Wildman–Crippen MR) is 83.8 cm³/mol. The molecule has 0 radical (unpaired) electrons. The Morgan fingerprint density at radius 3 is 2.95 bits per heavy atom. The summed E-state index contributed by atoms with van der Waals surface area (Å²) in [6, 6.07) is 2.36. The number of carbonyl (C=O) groups excluding carboxylic acids is 1. The first-order valence-electron chi connectivity index (χ1n) is 7.94. The third kappa shape index (κ3) is 2.65. The topological polar surface area (TPSA) is 66.8 Å². The molecule has 2 aromatic heterocycles. The molecule has 1 amide bonds. The maximum atomic E-state index is 12.7. The number of nitrogens with zero attached hydrogens (tertiary/aromatic N) is 4. The molecule has 1 saturated heterocycles. The maximum absolute atomic E-state index is 12.7. The van der Waals surface area contributed by atoms with Gasteiger partial charge < -0.3 is 4.90 Å². The van der Waals surface area contributed by atoms with Crippen LogP contribution in [0.5, 0.6) is 0 Å². The number of nitrogens with one attached hydrogen (secondary N) is 1.